The molecule has 0 spiro atoms. The van der Waals surface area contributed by atoms with E-state index in [1.807, 2.05) is 0 Å². The van der Waals surface area contributed by atoms with Crippen molar-refractivity contribution in [3.63, 3.8) is 0 Å². The first-order valence-electron chi connectivity index (χ1n) is 7.81. The summed E-state index contributed by atoms with van der Waals surface area (Å²) in [5.74, 6) is -0.489. The van der Waals surface area contributed by atoms with Crippen LogP contribution in [-0.2, 0) is 4.74 Å². The van der Waals surface area contributed by atoms with Gasteiger partial charge < -0.3 is 15.0 Å². The smallest absolute Gasteiger partial charge is 0.339 e. The molecule has 9 heteroatoms. The van der Waals surface area contributed by atoms with Crippen molar-refractivity contribution in [3.8, 4) is 0 Å². The van der Waals surface area contributed by atoms with Crippen molar-refractivity contribution in [2.24, 2.45) is 0 Å². The molecular weight excluding hydrogens is 314 g/mol. The maximum Gasteiger partial charge on any atom is 0.339 e. The second-order valence-electron chi connectivity index (χ2n) is 5.91. The lowest BCUT2D eigenvalue weighted by Crippen LogP contribution is -2.49. The number of pyridine rings is 1. The van der Waals surface area contributed by atoms with Gasteiger partial charge in [0.2, 0.25) is 5.82 Å². The van der Waals surface area contributed by atoms with Gasteiger partial charge in [-0.25, -0.2) is 9.78 Å². The number of nitro groups is 1. The quantitative estimate of drug-likeness (QED) is 0.463. The predicted molar refractivity (Wildman–Crippen MR) is 89.3 cm³/mol. The first-order chi connectivity index (χ1) is 11.4. The van der Waals surface area contributed by atoms with Crippen LogP contribution in [0.5, 0.6) is 0 Å². The number of aromatic nitrogens is 1. The number of likely N-dealkylation sites (N-methyl/N-ethyl adjacent to an activating group) is 1. The molecule has 2 rings (SSSR count). The van der Waals surface area contributed by atoms with Gasteiger partial charge in [-0.15, -0.1) is 0 Å². The number of methoxy groups -OCH3 is 1. The summed E-state index contributed by atoms with van der Waals surface area (Å²) in [5.41, 5.74) is -0.176. The van der Waals surface area contributed by atoms with E-state index in [0.29, 0.717) is 6.54 Å². The van der Waals surface area contributed by atoms with Crippen LogP contribution < -0.4 is 5.32 Å². The summed E-state index contributed by atoms with van der Waals surface area (Å²) < 4.78 is 4.56. The number of nitrogens with zero attached hydrogens (tertiary/aromatic N) is 4. The van der Waals surface area contributed by atoms with Crippen molar-refractivity contribution < 1.29 is 14.5 Å². The monoisotopic (exact) mass is 337 g/mol. The van der Waals surface area contributed by atoms with Crippen LogP contribution in [0, 0.1) is 10.1 Å². The normalized spacial score (nSPS) is 17.3. The van der Waals surface area contributed by atoms with E-state index in [1.165, 1.54) is 19.4 Å². The molecule has 1 aromatic heterocycles. The first-order valence-corrected chi connectivity index (χ1v) is 7.81. The topological polar surface area (TPSA) is 101 Å². The molecule has 1 aliphatic rings. The Kier molecular flexibility index (Phi) is 6.04. The molecule has 2 heterocycles. The fraction of sp³-hybridized carbons (Fsp3) is 0.600. The summed E-state index contributed by atoms with van der Waals surface area (Å²) in [7, 11) is 3.31. The van der Waals surface area contributed by atoms with E-state index in [0.717, 1.165) is 26.2 Å². The van der Waals surface area contributed by atoms with Gasteiger partial charge >= 0.3 is 11.7 Å². The Balaban J connectivity index is 2.03. The van der Waals surface area contributed by atoms with Crippen molar-refractivity contribution in [1.29, 1.82) is 0 Å². The second kappa shape index (κ2) is 8.02. The van der Waals surface area contributed by atoms with Crippen LogP contribution in [0.25, 0.3) is 0 Å². The molecule has 132 valence electrons. The molecule has 1 aliphatic heterocycles. The van der Waals surface area contributed by atoms with Crippen LogP contribution in [-0.4, -0.2) is 78.6 Å². The van der Waals surface area contributed by atoms with Gasteiger partial charge in [-0.2, -0.15) is 0 Å². The molecule has 0 aromatic carbocycles. The standard InChI is InChI=1S/C15H23N5O4/c1-11(19-6-4-18(2)5-7-19)9-16-14-13(20(22)23)8-12(10-17-14)15(21)24-3/h8,10-11H,4-7,9H2,1-3H3,(H,16,17). The molecule has 9 nitrogen and oxygen atoms in total. The lowest BCUT2D eigenvalue weighted by molar-refractivity contribution is -0.384. The minimum Gasteiger partial charge on any atom is -0.465 e. The van der Waals surface area contributed by atoms with Crippen LogP contribution in [0.2, 0.25) is 0 Å². The van der Waals surface area contributed by atoms with E-state index in [1.54, 1.807) is 0 Å². The molecule has 0 radical (unpaired) electrons. The number of hydrogen-bond acceptors (Lipinski definition) is 8. The molecule has 24 heavy (non-hydrogen) atoms. The Labute approximate surface area is 140 Å². The van der Waals surface area contributed by atoms with E-state index in [4.69, 9.17) is 0 Å². The highest BCUT2D eigenvalue weighted by Gasteiger charge is 2.22. The van der Waals surface area contributed by atoms with Gasteiger partial charge in [0.1, 0.15) is 0 Å². The lowest BCUT2D eigenvalue weighted by Gasteiger charge is -2.36. The molecule has 0 saturated carbocycles. The Morgan fingerprint density at radius 3 is 2.71 bits per heavy atom. The Hall–Kier alpha value is -2.26. The average Bonchev–Trinajstić information content (AvgIpc) is 2.59. The maximum atomic E-state index is 11.5. The van der Waals surface area contributed by atoms with Gasteiger partial charge in [-0.3, -0.25) is 15.0 Å². The maximum absolute atomic E-state index is 11.5. The van der Waals surface area contributed by atoms with E-state index >= 15 is 0 Å². The summed E-state index contributed by atoms with van der Waals surface area (Å²) in [6.07, 6.45) is 1.28. The number of nitrogens with one attached hydrogen (secondary N) is 1. The molecule has 0 aliphatic carbocycles. The van der Waals surface area contributed by atoms with Crippen LogP contribution >= 0.6 is 0 Å². The average molecular weight is 337 g/mol. The molecular formula is C15H23N5O4. The van der Waals surface area contributed by atoms with Crippen LogP contribution in [0.4, 0.5) is 11.5 Å². The highest BCUT2D eigenvalue weighted by molar-refractivity contribution is 5.90. The summed E-state index contributed by atoms with van der Waals surface area (Å²) in [5, 5.41) is 14.3. The molecule has 1 aromatic rings. The van der Waals surface area contributed by atoms with E-state index in [9.17, 15) is 14.9 Å². The lowest BCUT2D eigenvalue weighted by atomic mass is 10.2. The van der Waals surface area contributed by atoms with Crippen molar-refractivity contribution >= 4 is 17.5 Å². The number of ether oxygens (including phenoxy) is 1. The molecule has 0 amide bonds. The summed E-state index contributed by atoms with van der Waals surface area (Å²) in [4.78, 5) is 30.8. The van der Waals surface area contributed by atoms with Gasteiger partial charge in [0.15, 0.2) is 0 Å². The minimum atomic E-state index is -0.650. The zero-order valence-electron chi connectivity index (χ0n) is 14.2. The highest BCUT2D eigenvalue weighted by Crippen LogP contribution is 2.23. The summed E-state index contributed by atoms with van der Waals surface area (Å²) in [6, 6.07) is 1.40. The van der Waals surface area contributed by atoms with E-state index in [-0.39, 0.29) is 23.1 Å². The van der Waals surface area contributed by atoms with Gasteiger partial charge in [-0.05, 0) is 14.0 Å². The van der Waals surface area contributed by atoms with Crippen molar-refractivity contribution in [3.05, 3.63) is 27.9 Å². The van der Waals surface area contributed by atoms with Crippen LogP contribution in [0.15, 0.2) is 12.3 Å². The van der Waals surface area contributed by atoms with E-state index in [2.05, 4.69) is 38.8 Å². The molecule has 1 saturated heterocycles. The third-order valence-electron chi connectivity index (χ3n) is 4.21. The molecule has 1 atom stereocenters. The number of hydrogen-bond donors (Lipinski definition) is 1. The SMILES string of the molecule is COC(=O)c1cnc(NCC(C)N2CCN(C)CC2)c([N+](=O)[O-])c1. The summed E-state index contributed by atoms with van der Waals surface area (Å²) >= 11 is 0. The number of carbonyl (C=O) groups excluding carboxylic acids is 1. The number of piperazine rings is 1. The fourth-order valence-electron chi connectivity index (χ4n) is 2.59. The fourth-order valence-corrected chi connectivity index (χ4v) is 2.59. The first kappa shape index (κ1) is 18.1. The number of rotatable bonds is 6. The zero-order valence-corrected chi connectivity index (χ0v) is 14.2. The van der Waals surface area contributed by atoms with Gasteiger partial charge in [-0.1, -0.05) is 0 Å². The predicted octanol–water partition coefficient (Wildman–Crippen LogP) is 0.824. The number of carbonyl (C=O) groups is 1. The highest BCUT2D eigenvalue weighted by atomic mass is 16.6. The Morgan fingerprint density at radius 1 is 1.46 bits per heavy atom. The molecule has 1 N–H and O–H groups in total. The van der Waals surface area contributed by atoms with Crippen molar-refractivity contribution in [1.82, 2.24) is 14.8 Å². The van der Waals surface area contributed by atoms with Gasteiger partial charge in [0.05, 0.1) is 17.6 Å². The van der Waals surface area contributed by atoms with Crippen LogP contribution in [0.3, 0.4) is 0 Å². The summed E-state index contributed by atoms with van der Waals surface area (Å²) in [6.45, 7) is 6.57. The molecule has 1 fully saturated rings. The third-order valence-corrected chi connectivity index (χ3v) is 4.21. The van der Waals surface area contributed by atoms with Gasteiger partial charge in [0, 0.05) is 51.0 Å². The second-order valence-corrected chi connectivity index (χ2v) is 5.91. The molecule has 0 bridgehead atoms. The Bertz CT molecular complexity index is 602. The largest absolute Gasteiger partial charge is 0.465 e. The zero-order chi connectivity index (χ0) is 17.7. The van der Waals surface area contributed by atoms with E-state index < -0.39 is 10.9 Å². The number of anilines is 1. The van der Waals surface area contributed by atoms with Crippen LogP contribution in [0.1, 0.15) is 17.3 Å². The van der Waals surface area contributed by atoms with Crippen molar-refractivity contribution in [2.75, 3.05) is 52.2 Å². The minimum absolute atomic E-state index is 0.0573. The van der Waals surface area contributed by atoms with Gasteiger partial charge in [0.25, 0.3) is 0 Å². The Morgan fingerprint density at radius 2 is 2.12 bits per heavy atom. The molecule has 1 unspecified atom stereocenters. The van der Waals surface area contributed by atoms with Crippen molar-refractivity contribution in [2.45, 2.75) is 13.0 Å². The third kappa shape index (κ3) is 4.39. The number of esters is 1.